The summed E-state index contributed by atoms with van der Waals surface area (Å²) in [5.74, 6) is -0.128. The molecule has 0 bridgehead atoms. The second kappa shape index (κ2) is 3.23. The van der Waals surface area contributed by atoms with E-state index in [1.165, 1.54) is 6.92 Å². The summed E-state index contributed by atoms with van der Waals surface area (Å²) in [5.41, 5.74) is 0.878. The number of H-pyrrole nitrogens is 1. The average Bonchev–Trinajstić information content (AvgIpc) is 1.96. The third-order valence-corrected chi connectivity index (χ3v) is 2.13. The van der Waals surface area contributed by atoms with Gasteiger partial charge in [-0.2, -0.15) is 0 Å². The molecule has 0 unspecified atom stereocenters. The number of hydrogen-bond acceptors (Lipinski definition) is 2. The van der Waals surface area contributed by atoms with Crippen LogP contribution in [0.25, 0.3) is 0 Å². The molecule has 0 saturated carbocycles. The van der Waals surface area contributed by atoms with Crippen LogP contribution in [0.4, 0.5) is 0 Å². The molecular formula is C8H8BrNO2. The molecule has 0 aliphatic carbocycles. The van der Waals surface area contributed by atoms with Gasteiger partial charge in [0.05, 0.1) is 10.2 Å². The fraction of sp³-hybridized carbons (Fsp3) is 0.250. The standard InChI is InChI=1S/C8H8BrNO2/c1-4-3-6(9)8(12)10-7(4)5(2)11/h3H,1-2H3,(H,10,12). The smallest absolute Gasteiger partial charge is 0.262 e. The number of aromatic nitrogens is 1. The third-order valence-electron chi connectivity index (χ3n) is 1.55. The number of aryl methyl sites for hydroxylation is 1. The Kier molecular flexibility index (Phi) is 2.47. The first-order valence-electron chi connectivity index (χ1n) is 3.42. The van der Waals surface area contributed by atoms with Gasteiger partial charge in [0.15, 0.2) is 5.78 Å². The van der Waals surface area contributed by atoms with Crippen molar-refractivity contribution in [3.05, 3.63) is 32.2 Å². The first-order chi connectivity index (χ1) is 5.52. The normalized spacial score (nSPS) is 9.92. The van der Waals surface area contributed by atoms with E-state index in [1.807, 2.05) is 0 Å². The van der Waals surface area contributed by atoms with E-state index in [0.29, 0.717) is 10.2 Å². The zero-order valence-corrected chi connectivity index (χ0v) is 8.36. The maximum atomic E-state index is 11.0. The van der Waals surface area contributed by atoms with Gasteiger partial charge in [-0.25, -0.2) is 0 Å². The van der Waals surface area contributed by atoms with Crippen molar-refractivity contribution >= 4 is 21.7 Å². The van der Waals surface area contributed by atoms with Crippen LogP contribution in [0.1, 0.15) is 23.0 Å². The average molecular weight is 230 g/mol. The van der Waals surface area contributed by atoms with Gasteiger partial charge in [-0.15, -0.1) is 0 Å². The minimum Gasteiger partial charge on any atom is -0.318 e. The first kappa shape index (κ1) is 9.19. The van der Waals surface area contributed by atoms with Gasteiger partial charge in [0.2, 0.25) is 0 Å². The summed E-state index contributed by atoms with van der Waals surface area (Å²) in [6.07, 6.45) is 0. The molecule has 0 spiro atoms. The fourth-order valence-corrected chi connectivity index (χ4v) is 1.41. The molecule has 1 aromatic heterocycles. The van der Waals surface area contributed by atoms with E-state index in [2.05, 4.69) is 20.9 Å². The summed E-state index contributed by atoms with van der Waals surface area (Å²) in [6.45, 7) is 3.20. The van der Waals surface area contributed by atoms with Gasteiger partial charge < -0.3 is 4.98 Å². The molecule has 4 heteroatoms. The molecule has 1 aromatic rings. The maximum Gasteiger partial charge on any atom is 0.262 e. The predicted molar refractivity (Wildman–Crippen MR) is 49.5 cm³/mol. The summed E-state index contributed by atoms with van der Waals surface area (Å²) in [4.78, 5) is 24.5. The Balaban J connectivity index is 3.43. The molecule has 0 radical (unpaired) electrons. The van der Waals surface area contributed by atoms with Crippen LogP contribution >= 0.6 is 15.9 Å². The van der Waals surface area contributed by atoms with E-state index < -0.39 is 0 Å². The van der Waals surface area contributed by atoms with Gasteiger partial charge in [0, 0.05) is 6.92 Å². The Morgan fingerprint density at radius 3 is 2.67 bits per heavy atom. The van der Waals surface area contributed by atoms with Gasteiger partial charge in [0.25, 0.3) is 5.56 Å². The van der Waals surface area contributed by atoms with Crippen molar-refractivity contribution in [3.63, 3.8) is 0 Å². The third kappa shape index (κ3) is 1.64. The lowest BCUT2D eigenvalue weighted by atomic mass is 10.2. The Labute approximate surface area is 77.9 Å². The van der Waals surface area contributed by atoms with Crippen LogP contribution in [0.5, 0.6) is 0 Å². The lowest BCUT2D eigenvalue weighted by Gasteiger charge is -2.00. The summed E-state index contributed by atoms with van der Waals surface area (Å²) in [7, 11) is 0. The molecule has 0 saturated heterocycles. The van der Waals surface area contributed by atoms with Crippen LogP contribution in [0.3, 0.4) is 0 Å². The summed E-state index contributed by atoms with van der Waals surface area (Å²) < 4.78 is 0.449. The van der Waals surface area contributed by atoms with Crippen LogP contribution in [0, 0.1) is 6.92 Å². The molecular weight excluding hydrogens is 222 g/mol. The molecule has 0 fully saturated rings. The Morgan fingerprint density at radius 1 is 1.58 bits per heavy atom. The van der Waals surface area contributed by atoms with Crippen molar-refractivity contribution < 1.29 is 4.79 Å². The van der Waals surface area contributed by atoms with E-state index >= 15 is 0 Å². The van der Waals surface area contributed by atoms with Crippen LogP contribution < -0.4 is 5.56 Å². The second-order valence-electron chi connectivity index (χ2n) is 2.56. The number of carbonyl (C=O) groups excluding carboxylic acids is 1. The van der Waals surface area contributed by atoms with Crippen molar-refractivity contribution in [2.75, 3.05) is 0 Å². The van der Waals surface area contributed by atoms with Gasteiger partial charge in [-0.05, 0) is 34.5 Å². The number of ketones is 1. The Bertz CT molecular complexity index is 381. The SMILES string of the molecule is CC(=O)c1[nH]c(=O)c(Br)cc1C. The molecule has 0 aliphatic rings. The van der Waals surface area contributed by atoms with E-state index in [1.54, 1.807) is 13.0 Å². The molecule has 0 amide bonds. The van der Waals surface area contributed by atoms with Crippen molar-refractivity contribution in [2.45, 2.75) is 13.8 Å². The molecule has 1 N–H and O–H groups in total. The maximum absolute atomic E-state index is 11.0. The monoisotopic (exact) mass is 229 g/mol. The second-order valence-corrected chi connectivity index (χ2v) is 3.41. The fourth-order valence-electron chi connectivity index (χ4n) is 0.965. The topological polar surface area (TPSA) is 49.9 Å². The number of nitrogens with one attached hydrogen (secondary N) is 1. The van der Waals surface area contributed by atoms with Crippen LogP contribution in [-0.4, -0.2) is 10.8 Å². The molecule has 1 heterocycles. The number of Topliss-reactive ketones (excluding diaryl/α,β-unsaturated/α-hetero) is 1. The predicted octanol–water partition coefficient (Wildman–Crippen LogP) is 1.65. The number of hydrogen-bond donors (Lipinski definition) is 1. The van der Waals surface area contributed by atoms with Crippen LogP contribution in [0.2, 0.25) is 0 Å². The summed E-state index contributed by atoms with van der Waals surface area (Å²) in [5, 5.41) is 0. The van der Waals surface area contributed by atoms with Crippen molar-refractivity contribution in [1.82, 2.24) is 4.98 Å². The van der Waals surface area contributed by atoms with Gasteiger partial charge >= 0.3 is 0 Å². The van der Waals surface area contributed by atoms with Crippen molar-refractivity contribution in [1.29, 1.82) is 0 Å². The molecule has 3 nitrogen and oxygen atoms in total. The van der Waals surface area contributed by atoms with Crippen LogP contribution in [0.15, 0.2) is 15.3 Å². The van der Waals surface area contributed by atoms with E-state index in [4.69, 9.17) is 0 Å². The van der Waals surface area contributed by atoms with Crippen molar-refractivity contribution in [3.8, 4) is 0 Å². The molecule has 0 atom stereocenters. The number of aromatic amines is 1. The lowest BCUT2D eigenvalue weighted by molar-refractivity contribution is 0.101. The highest BCUT2D eigenvalue weighted by Crippen LogP contribution is 2.08. The zero-order valence-electron chi connectivity index (χ0n) is 6.77. The molecule has 1 rings (SSSR count). The van der Waals surface area contributed by atoms with Gasteiger partial charge in [0.1, 0.15) is 0 Å². The molecule has 12 heavy (non-hydrogen) atoms. The highest BCUT2D eigenvalue weighted by Gasteiger charge is 2.06. The van der Waals surface area contributed by atoms with E-state index in [9.17, 15) is 9.59 Å². The quantitative estimate of drug-likeness (QED) is 0.745. The van der Waals surface area contributed by atoms with Crippen molar-refractivity contribution in [2.24, 2.45) is 0 Å². The largest absolute Gasteiger partial charge is 0.318 e. The van der Waals surface area contributed by atoms with E-state index in [0.717, 1.165) is 5.56 Å². The number of carbonyl (C=O) groups is 1. The Morgan fingerprint density at radius 2 is 2.17 bits per heavy atom. The first-order valence-corrected chi connectivity index (χ1v) is 4.22. The number of rotatable bonds is 1. The van der Waals surface area contributed by atoms with Crippen LogP contribution in [-0.2, 0) is 0 Å². The summed E-state index contributed by atoms with van der Waals surface area (Å²) in [6, 6.07) is 1.63. The number of halogens is 1. The van der Waals surface area contributed by atoms with Gasteiger partial charge in [-0.1, -0.05) is 0 Å². The Hall–Kier alpha value is -0.900. The minimum atomic E-state index is -0.272. The molecule has 64 valence electrons. The highest BCUT2D eigenvalue weighted by atomic mass is 79.9. The molecule has 0 aliphatic heterocycles. The number of pyridine rings is 1. The summed E-state index contributed by atoms with van der Waals surface area (Å²) >= 11 is 3.07. The highest BCUT2D eigenvalue weighted by molar-refractivity contribution is 9.10. The lowest BCUT2D eigenvalue weighted by Crippen LogP contribution is -2.13. The zero-order chi connectivity index (χ0) is 9.30. The van der Waals surface area contributed by atoms with E-state index in [-0.39, 0.29) is 11.3 Å². The van der Waals surface area contributed by atoms with Gasteiger partial charge in [-0.3, -0.25) is 9.59 Å². The minimum absolute atomic E-state index is 0.128. The molecule has 0 aromatic carbocycles.